The molecule has 0 aliphatic carbocycles. The molecule has 1 N–H and O–H groups in total. The lowest BCUT2D eigenvalue weighted by Gasteiger charge is -2.20. The van der Waals surface area contributed by atoms with Crippen molar-refractivity contribution in [2.24, 2.45) is 0 Å². The molecule has 1 amide bonds. The van der Waals surface area contributed by atoms with Crippen LogP contribution in [0.5, 0.6) is 0 Å². The van der Waals surface area contributed by atoms with Gasteiger partial charge in [0.05, 0.1) is 17.8 Å². The van der Waals surface area contributed by atoms with Crippen molar-refractivity contribution in [1.29, 1.82) is 0 Å². The second-order valence-corrected chi connectivity index (χ2v) is 8.25. The van der Waals surface area contributed by atoms with E-state index in [1.807, 2.05) is 18.2 Å². The van der Waals surface area contributed by atoms with E-state index in [1.165, 1.54) is 19.2 Å². The average Bonchev–Trinajstić information content (AvgIpc) is 2.70. The third kappa shape index (κ3) is 7.68. The highest BCUT2D eigenvalue weighted by molar-refractivity contribution is 8.00. The van der Waals surface area contributed by atoms with Crippen molar-refractivity contribution in [2.45, 2.75) is 31.3 Å². The number of anilines is 1. The summed E-state index contributed by atoms with van der Waals surface area (Å²) in [5.74, 6) is 5.37. The van der Waals surface area contributed by atoms with E-state index in [-0.39, 0.29) is 17.1 Å². The van der Waals surface area contributed by atoms with Crippen LogP contribution in [0.1, 0.15) is 31.9 Å². The minimum atomic E-state index is -0.831. The Kier molecular flexibility index (Phi) is 8.05. The zero-order valence-electron chi connectivity index (χ0n) is 17.6. The fraction of sp³-hybridized carbons (Fsp3) is 0.273. The molecule has 9 heteroatoms. The summed E-state index contributed by atoms with van der Waals surface area (Å²) in [7, 11) is 1.27. The van der Waals surface area contributed by atoms with Gasteiger partial charge in [0.1, 0.15) is 11.3 Å². The van der Waals surface area contributed by atoms with Gasteiger partial charge >= 0.3 is 12.1 Å². The fourth-order valence-electron chi connectivity index (χ4n) is 2.31. The number of nitrogens with zero attached hydrogens (tertiary/aromatic N) is 1. The lowest BCUT2D eigenvalue weighted by Crippen LogP contribution is -2.27. The molecule has 0 atom stereocenters. The van der Waals surface area contributed by atoms with Crippen LogP contribution in [0, 0.1) is 22.0 Å². The molecule has 162 valence electrons. The molecule has 0 radical (unpaired) electrons. The summed E-state index contributed by atoms with van der Waals surface area (Å²) in [4.78, 5) is 35.2. The number of methoxy groups -OCH3 is 1. The lowest BCUT2D eigenvalue weighted by atomic mass is 10.1. The number of ether oxygens (including phenoxy) is 2. The normalized spacial score (nSPS) is 10.5. The Morgan fingerprint density at radius 2 is 1.84 bits per heavy atom. The van der Waals surface area contributed by atoms with Crippen LogP contribution in [0.15, 0.2) is 47.4 Å². The van der Waals surface area contributed by atoms with Gasteiger partial charge in [-0.15, -0.1) is 11.8 Å². The van der Waals surface area contributed by atoms with E-state index in [1.54, 1.807) is 32.9 Å². The Hall–Kier alpha value is -3.51. The number of benzene rings is 2. The summed E-state index contributed by atoms with van der Waals surface area (Å²) in [5, 5.41) is 14.0. The molecule has 2 aromatic carbocycles. The molecular formula is C22H22N2O6S. The number of hydrogen-bond donors (Lipinski definition) is 1. The van der Waals surface area contributed by atoms with Gasteiger partial charge < -0.3 is 9.47 Å². The standard InChI is InChI=1S/C22H22N2O6S/c1-22(2,3)30-21(26)23-17-13-19(31-14-20(25)29-4)16(12-18(17)24(27)28)11-10-15-8-6-5-7-9-15/h5-9,12-13H,14H2,1-4H3,(H,23,26). The smallest absolute Gasteiger partial charge is 0.412 e. The fourth-order valence-corrected chi connectivity index (χ4v) is 3.16. The van der Waals surface area contributed by atoms with E-state index in [9.17, 15) is 19.7 Å². The highest BCUT2D eigenvalue weighted by Gasteiger charge is 2.23. The lowest BCUT2D eigenvalue weighted by molar-refractivity contribution is -0.384. The average molecular weight is 442 g/mol. The topological polar surface area (TPSA) is 108 Å². The number of carbonyl (C=O) groups is 2. The summed E-state index contributed by atoms with van der Waals surface area (Å²) >= 11 is 1.10. The Balaban J connectivity index is 2.48. The molecule has 2 aromatic rings. The number of hydrogen-bond acceptors (Lipinski definition) is 7. The van der Waals surface area contributed by atoms with E-state index in [0.29, 0.717) is 10.5 Å². The maximum absolute atomic E-state index is 12.2. The summed E-state index contributed by atoms with van der Waals surface area (Å²) in [6.07, 6.45) is -0.831. The Morgan fingerprint density at radius 1 is 1.16 bits per heavy atom. The van der Waals surface area contributed by atoms with Crippen molar-refractivity contribution in [3.05, 3.63) is 63.7 Å². The number of rotatable bonds is 5. The largest absolute Gasteiger partial charge is 0.468 e. The monoisotopic (exact) mass is 442 g/mol. The van der Waals surface area contributed by atoms with Crippen LogP contribution in [0.3, 0.4) is 0 Å². The zero-order valence-corrected chi connectivity index (χ0v) is 18.4. The van der Waals surface area contributed by atoms with Gasteiger partial charge in [0.2, 0.25) is 0 Å². The van der Waals surface area contributed by atoms with Crippen molar-refractivity contribution in [3.63, 3.8) is 0 Å². The summed E-state index contributed by atoms with van der Waals surface area (Å²) in [6.45, 7) is 5.04. The van der Waals surface area contributed by atoms with Crippen LogP contribution in [0.2, 0.25) is 0 Å². The Morgan fingerprint density at radius 3 is 2.42 bits per heavy atom. The van der Waals surface area contributed by atoms with Crippen molar-refractivity contribution in [1.82, 2.24) is 0 Å². The third-order valence-electron chi connectivity index (χ3n) is 3.62. The Bertz CT molecular complexity index is 1040. The molecule has 2 rings (SSSR count). The summed E-state index contributed by atoms with van der Waals surface area (Å²) in [6, 6.07) is 11.8. The first kappa shape index (κ1) is 23.8. The van der Waals surface area contributed by atoms with E-state index in [4.69, 9.17) is 4.74 Å². The van der Waals surface area contributed by atoms with Gasteiger partial charge in [0, 0.05) is 22.1 Å². The first-order valence-electron chi connectivity index (χ1n) is 9.18. The zero-order chi connectivity index (χ0) is 23.0. The minimum absolute atomic E-state index is 0.0276. The van der Waals surface area contributed by atoms with Crippen LogP contribution in [0.4, 0.5) is 16.2 Å². The Labute approximate surface area is 184 Å². The van der Waals surface area contributed by atoms with Gasteiger partial charge in [-0.3, -0.25) is 20.2 Å². The predicted octanol–water partition coefficient (Wildman–Crippen LogP) is 4.61. The summed E-state index contributed by atoms with van der Waals surface area (Å²) < 4.78 is 9.84. The molecule has 0 aliphatic heterocycles. The second kappa shape index (κ2) is 10.5. The predicted molar refractivity (Wildman–Crippen MR) is 118 cm³/mol. The van der Waals surface area contributed by atoms with Crippen molar-refractivity contribution in [3.8, 4) is 11.8 Å². The van der Waals surface area contributed by atoms with Gasteiger partial charge in [-0.2, -0.15) is 0 Å². The van der Waals surface area contributed by atoms with E-state index >= 15 is 0 Å². The minimum Gasteiger partial charge on any atom is -0.468 e. The van der Waals surface area contributed by atoms with Crippen molar-refractivity contribution >= 4 is 35.2 Å². The van der Waals surface area contributed by atoms with E-state index in [2.05, 4.69) is 21.9 Å². The molecule has 0 aromatic heterocycles. The van der Waals surface area contributed by atoms with Gasteiger partial charge in [-0.05, 0) is 39.0 Å². The molecule has 0 unspecified atom stereocenters. The van der Waals surface area contributed by atoms with E-state index in [0.717, 1.165) is 17.3 Å². The molecule has 0 aliphatic rings. The van der Waals surface area contributed by atoms with Crippen molar-refractivity contribution in [2.75, 3.05) is 18.2 Å². The van der Waals surface area contributed by atoms with Crippen LogP contribution < -0.4 is 5.32 Å². The highest BCUT2D eigenvalue weighted by Crippen LogP contribution is 2.34. The second-order valence-electron chi connectivity index (χ2n) is 7.23. The molecule has 31 heavy (non-hydrogen) atoms. The molecule has 0 saturated carbocycles. The number of carbonyl (C=O) groups excluding carboxylic acids is 2. The van der Waals surface area contributed by atoms with E-state index < -0.39 is 22.6 Å². The molecule has 0 fully saturated rings. The van der Waals surface area contributed by atoms with Gasteiger partial charge in [0.25, 0.3) is 5.69 Å². The summed E-state index contributed by atoms with van der Waals surface area (Å²) in [5.41, 5.74) is -0.102. The van der Waals surface area contributed by atoms with Gasteiger partial charge in [-0.1, -0.05) is 30.0 Å². The van der Waals surface area contributed by atoms with Gasteiger partial charge in [0.15, 0.2) is 0 Å². The van der Waals surface area contributed by atoms with Crippen LogP contribution >= 0.6 is 11.8 Å². The number of amides is 1. The molecule has 0 spiro atoms. The third-order valence-corrected chi connectivity index (χ3v) is 4.65. The number of thioether (sulfide) groups is 1. The number of nitrogens with one attached hydrogen (secondary N) is 1. The number of nitro groups is 1. The first-order chi connectivity index (χ1) is 14.6. The quantitative estimate of drug-likeness (QED) is 0.237. The maximum Gasteiger partial charge on any atom is 0.412 e. The molecule has 0 saturated heterocycles. The molecule has 8 nitrogen and oxygen atoms in total. The molecule has 0 heterocycles. The van der Waals surface area contributed by atoms with Crippen LogP contribution in [-0.4, -0.2) is 35.4 Å². The number of esters is 1. The maximum atomic E-state index is 12.2. The van der Waals surface area contributed by atoms with Crippen LogP contribution in [-0.2, 0) is 14.3 Å². The highest BCUT2D eigenvalue weighted by atomic mass is 32.2. The number of nitro benzene ring substituents is 1. The molecule has 0 bridgehead atoms. The first-order valence-corrected chi connectivity index (χ1v) is 10.2. The van der Waals surface area contributed by atoms with Crippen molar-refractivity contribution < 1.29 is 24.0 Å². The SMILES string of the molecule is COC(=O)CSc1cc(NC(=O)OC(C)(C)C)c([N+](=O)[O-])cc1C#Cc1ccccc1. The van der Waals surface area contributed by atoms with Gasteiger partial charge in [-0.25, -0.2) is 4.79 Å². The van der Waals surface area contributed by atoms with Crippen LogP contribution in [0.25, 0.3) is 0 Å². The molecular weight excluding hydrogens is 420 g/mol.